The molecular formula is C17H23N3O4S. The molecule has 2 aliphatic rings. The van der Waals surface area contributed by atoms with E-state index in [4.69, 9.17) is 4.74 Å². The van der Waals surface area contributed by atoms with Gasteiger partial charge >= 0.3 is 5.97 Å². The Morgan fingerprint density at radius 2 is 2.16 bits per heavy atom. The Morgan fingerprint density at radius 1 is 1.36 bits per heavy atom. The number of fused-ring (bicyclic) bond motifs is 1. The van der Waals surface area contributed by atoms with Crippen molar-refractivity contribution < 1.29 is 14.3 Å². The summed E-state index contributed by atoms with van der Waals surface area (Å²) in [5.74, 6) is -0.109. The minimum absolute atomic E-state index is 0.0144. The lowest BCUT2D eigenvalue weighted by atomic mass is 9.96. The fourth-order valence-electron chi connectivity index (χ4n) is 3.34. The summed E-state index contributed by atoms with van der Waals surface area (Å²) in [5, 5.41) is 0.669. The van der Waals surface area contributed by atoms with E-state index in [9.17, 15) is 14.4 Å². The second kappa shape index (κ2) is 7.59. The van der Waals surface area contributed by atoms with Gasteiger partial charge in [0.2, 0.25) is 5.91 Å². The monoisotopic (exact) mass is 365 g/mol. The summed E-state index contributed by atoms with van der Waals surface area (Å²) in [5.41, 5.74) is 0.496. The van der Waals surface area contributed by atoms with Crippen LogP contribution in [0.15, 0.2) is 16.1 Å². The third kappa shape index (κ3) is 3.73. The molecule has 8 heteroatoms. The van der Waals surface area contributed by atoms with Crippen LogP contribution in [0, 0.1) is 18.8 Å². The van der Waals surface area contributed by atoms with E-state index in [0.717, 1.165) is 12.8 Å². The van der Waals surface area contributed by atoms with E-state index in [1.165, 1.54) is 11.8 Å². The summed E-state index contributed by atoms with van der Waals surface area (Å²) < 4.78 is 6.69. The predicted octanol–water partition coefficient (Wildman–Crippen LogP) is 1.08. The molecule has 3 rings (SSSR count). The quantitative estimate of drug-likeness (QED) is 0.589. The topological polar surface area (TPSA) is 81.5 Å². The minimum atomic E-state index is -0.264. The fourth-order valence-corrected chi connectivity index (χ4v) is 4.38. The zero-order valence-electron chi connectivity index (χ0n) is 14.6. The lowest BCUT2D eigenvalue weighted by Gasteiger charge is -2.35. The van der Waals surface area contributed by atoms with Gasteiger partial charge in [0.25, 0.3) is 5.56 Å². The lowest BCUT2D eigenvalue weighted by Crippen LogP contribution is -2.48. The number of ether oxygens (including phenoxy) is 1. The Bertz CT molecular complexity index is 733. The molecule has 7 nitrogen and oxygen atoms in total. The highest BCUT2D eigenvalue weighted by molar-refractivity contribution is 7.99. The Balaban J connectivity index is 1.70. The van der Waals surface area contributed by atoms with Gasteiger partial charge in [-0.15, -0.1) is 0 Å². The van der Waals surface area contributed by atoms with Crippen molar-refractivity contribution in [2.45, 2.75) is 38.4 Å². The predicted molar refractivity (Wildman–Crippen MR) is 93.4 cm³/mol. The van der Waals surface area contributed by atoms with Crippen LogP contribution >= 0.6 is 11.8 Å². The van der Waals surface area contributed by atoms with Crippen LogP contribution in [-0.2, 0) is 20.9 Å². The highest BCUT2D eigenvalue weighted by atomic mass is 32.2. The summed E-state index contributed by atoms with van der Waals surface area (Å²) in [6.07, 6.45) is 3.14. The number of likely N-dealkylation sites (tertiary alicyclic amines) is 1. The smallest absolute Gasteiger partial charge is 0.310 e. The first-order valence-electron chi connectivity index (χ1n) is 8.66. The number of thioether (sulfide) groups is 1. The molecule has 1 aromatic rings. The fraction of sp³-hybridized carbons (Fsp3) is 0.647. The number of esters is 1. The number of nitrogens with zero attached hydrogens (tertiary/aromatic N) is 3. The van der Waals surface area contributed by atoms with Gasteiger partial charge in [-0.2, -0.15) is 0 Å². The molecule has 0 saturated carbocycles. The molecule has 0 radical (unpaired) electrons. The van der Waals surface area contributed by atoms with Crippen molar-refractivity contribution in [2.24, 2.45) is 11.8 Å². The molecular weight excluding hydrogens is 342 g/mol. The van der Waals surface area contributed by atoms with Gasteiger partial charge < -0.3 is 9.64 Å². The van der Waals surface area contributed by atoms with Crippen LogP contribution in [-0.4, -0.2) is 51.8 Å². The van der Waals surface area contributed by atoms with E-state index in [1.807, 2.05) is 0 Å². The number of rotatable bonds is 3. The molecule has 2 unspecified atom stereocenters. The molecule has 25 heavy (non-hydrogen) atoms. The highest BCUT2D eigenvalue weighted by Crippen LogP contribution is 2.28. The van der Waals surface area contributed by atoms with Crippen molar-refractivity contribution in [1.29, 1.82) is 0 Å². The number of amides is 1. The number of aryl methyl sites for hydroxylation is 1. The zero-order chi connectivity index (χ0) is 18.0. The Morgan fingerprint density at radius 3 is 2.92 bits per heavy atom. The maximum Gasteiger partial charge on any atom is 0.310 e. The van der Waals surface area contributed by atoms with Gasteiger partial charge in [-0.1, -0.05) is 11.8 Å². The Kier molecular flexibility index (Phi) is 5.46. The lowest BCUT2D eigenvalue weighted by molar-refractivity contribution is -0.151. The third-order valence-electron chi connectivity index (χ3n) is 4.70. The molecule has 3 heterocycles. The van der Waals surface area contributed by atoms with E-state index in [2.05, 4.69) is 4.98 Å². The molecule has 1 fully saturated rings. The van der Waals surface area contributed by atoms with Crippen LogP contribution in [0.3, 0.4) is 0 Å². The third-order valence-corrected chi connectivity index (χ3v) is 5.85. The van der Waals surface area contributed by atoms with E-state index >= 15 is 0 Å². The molecule has 1 amide bonds. The first-order chi connectivity index (χ1) is 12.0. The molecule has 1 saturated heterocycles. The SMILES string of the molecule is CCOC(=O)C1CCCN(C(=O)C2CSc3ncc(C)c(=O)n3C2)C1. The van der Waals surface area contributed by atoms with Crippen molar-refractivity contribution in [3.8, 4) is 0 Å². The molecule has 1 aromatic heterocycles. The van der Waals surface area contributed by atoms with Crippen molar-refractivity contribution in [3.05, 3.63) is 22.1 Å². The largest absolute Gasteiger partial charge is 0.466 e. The van der Waals surface area contributed by atoms with E-state index < -0.39 is 0 Å². The number of hydrogen-bond donors (Lipinski definition) is 0. The van der Waals surface area contributed by atoms with Gasteiger partial charge in [0.05, 0.1) is 18.4 Å². The molecule has 2 aliphatic heterocycles. The molecule has 0 bridgehead atoms. The molecule has 0 spiro atoms. The van der Waals surface area contributed by atoms with Gasteiger partial charge in [-0.3, -0.25) is 19.0 Å². The van der Waals surface area contributed by atoms with Gasteiger partial charge in [0, 0.05) is 37.1 Å². The van der Waals surface area contributed by atoms with Gasteiger partial charge in [-0.05, 0) is 26.7 Å². The number of aromatic nitrogens is 2. The summed E-state index contributed by atoms with van der Waals surface area (Å²) in [7, 11) is 0. The maximum absolute atomic E-state index is 12.9. The molecule has 136 valence electrons. The summed E-state index contributed by atoms with van der Waals surface area (Å²) >= 11 is 1.44. The summed E-state index contributed by atoms with van der Waals surface area (Å²) in [4.78, 5) is 43.2. The van der Waals surface area contributed by atoms with Crippen LogP contribution < -0.4 is 5.56 Å². The highest BCUT2D eigenvalue weighted by Gasteiger charge is 2.34. The minimum Gasteiger partial charge on any atom is -0.466 e. The maximum atomic E-state index is 12.9. The van der Waals surface area contributed by atoms with Gasteiger partial charge in [0.1, 0.15) is 0 Å². The summed E-state index contributed by atoms with van der Waals surface area (Å²) in [6, 6.07) is 0. The van der Waals surface area contributed by atoms with Crippen molar-refractivity contribution in [1.82, 2.24) is 14.5 Å². The van der Waals surface area contributed by atoms with Crippen LogP contribution in [0.25, 0.3) is 0 Å². The number of piperidine rings is 1. The van der Waals surface area contributed by atoms with Gasteiger partial charge in [0.15, 0.2) is 5.16 Å². The molecule has 0 aliphatic carbocycles. The second-order valence-electron chi connectivity index (χ2n) is 6.52. The zero-order valence-corrected chi connectivity index (χ0v) is 15.4. The molecule has 0 aromatic carbocycles. The average molecular weight is 365 g/mol. The van der Waals surface area contributed by atoms with Gasteiger partial charge in [-0.25, -0.2) is 4.98 Å². The van der Waals surface area contributed by atoms with Crippen molar-refractivity contribution >= 4 is 23.6 Å². The number of carbonyl (C=O) groups is 2. The van der Waals surface area contributed by atoms with Crippen LogP contribution in [0.5, 0.6) is 0 Å². The van der Waals surface area contributed by atoms with Crippen LogP contribution in [0.4, 0.5) is 0 Å². The Labute approximate surface area is 150 Å². The van der Waals surface area contributed by atoms with Crippen LogP contribution in [0.1, 0.15) is 25.3 Å². The van der Waals surface area contributed by atoms with E-state index in [0.29, 0.717) is 42.7 Å². The normalized spacial score (nSPS) is 23.0. The Hall–Kier alpha value is -1.83. The van der Waals surface area contributed by atoms with Crippen LogP contribution in [0.2, 0.25) is 0 Å². The number of hydrogen-bond acceptors (Lipinski definition) is 6. The molecule has 0 N–H and O–H groups in total. The van der Waals surface area contributed by atoms with Crippen molar-refractivity contribution in [2.75, 3.05) is 25.4 Å². The van der Waals surface area contributed by atoms with E-state index in [-0.39, 0.29) is 29.3 Å². The average Bonchev–Trinajstić information content (AvgIpc) is 2.64. The first kappa shape index (κ1) is 18.0. The first-order valence-corrected chi connectivity index (χ1v) is 9.64. The second-order valence-corrected chi connectivity index (χ2v) is 7.51. The number of carbonyl (C=O) groups excluding carboxylic acids is 2. The van der Waals surface area contributed by atoms with Crippen molar-refractivity contribution in [3.63, 3.8) is 0 Å². The summed E-state index contributed by atoms with van der Waals surface area (Å²) in [6.45, 7) is 5.29. The van der Waals surface area contributed by atoms with E-state index in [1.54, 1.807) is 29.5 Å². The standard InChI is InChI=1S/C17H23N3O4S/c1-3-24-16(23)12-5-4-6-19(8-12)15(22)13-9-20-14(21)11(2)7-18-17(20)25-10-13/h7,12-13H,3-6,8-10H2,1-2H3. The molecule has 2 atom stereocenters.